The van der Waals surface area contributed by atoms with Gasteiger partial charge >= 0.3 is 39.5 Å². The normalized spacial score (nSPS) is 14.5. The SMILES string of the molecule is CCC(C)CCCCCCCCC(=O)OC[C@H](COP(=O)(O)OC[C@H](O)COP(=O)(O)OC[C@@H](COC(=O)CCCCCCCCCCCCCCCCCC(C)C)OC(=O)CCCCCCCCCC(C)C)OC(=O)CCCCCCCCCCCCCCC(C)C. The number of aliphatic hydroxyl groups is 1. The fraction of sp³-hybridized carbons (Fsp3) is 0.946. The van der Waals surface area contributed by atoms with E-state index >= 15 is 0 Å². The van der Waals surface area contributed by atoms with E-state index in [-0.39, 0.29) is 25.7 Å². The molecule has 93 heavy (non-hydrogen) atoms. The third kappa shape index (κ3) is 67.0. The molecule has 0 bridgehead atoms. The van der Waals surface area contributed by atoms with Gasteiger partial charge in [-0.3, -0.25) is 37.3 Å². The van der Waals surface area contributed by atoms with Crippen LogP contribution >= 0.6 is 15.6 Å². The minimum atomic E-state index is -4.95. The Morgan fingerprint density at radius 1 is 0.301 bits per heavy atom. The van der Waals surface area contributed by atoms with E-state index in [0.717, 1.165) is 114 Å². The van der Waals surface area contributed by atoms with Crippen molar-refractivity contribution in [1.29, 1.82) is 0 Å². The van der Waals surface area contributed by atoms with Gasteiger partial charge in [0.05, 0.1) is 26.4 Å². The lowest BCUT2D eigenvalue weighted by molar-refractivity contribution is -0.161. The Hall–Kier alpha value is -1.94. The molecule has 0 aliphatic heterocycles. The number of carbonyl (C=O) groups is 4. The first-order chi connectivity index (χ1) is 44.6. The van der Waals surface area contributed by atoms with Crippen LogP contribution in [0.3, 0.4) is 0 Å². The second-order valence-electron chi connectivity index (χ2n) is 28.4. The summed E-state index contributed by atoms with van der Waals surface area (Å²) in [5.74, 6) is 0.883. The average molecular weight is 1370 g/mol. The molecule has 17 nitrogen and oxygen atoms in total. The summed E-state index contributed by atoms with van der Waals surface area (Å²) >= 11 is 0. The van der Waals surface area contributed by atoms with Crippen LogP contribution in [0.1, 0.15) is 370 Å². The quantitative estimate of drug-likeness (QED) is 0.0222. The van der Waals surface area contributed by atoms with Crippen LogP contribution < -0.4 is 0 Å². The van der Waals surface area contributed by atoms with Gasteiger partial charge in [-0.2, -0.15) is 0 Å². The van der Waals surface area contributed by atoms with Crippen LogP contribution in [0.2, 0.25) is 0 Å². The molecule has 552 valence electrons. The van der Waals surface area contributed by atoms with Crippen LogP contribution in [0.15, 0.2) is 0 Å². The van der Waals surface area contributed by atoms with Crippen molar-refractivity contribution < 1.29 is 80.2 Å². The molecule has 6 atom stereocenters. The number of hydrogen-bond acceptors (Lipinski definition) is 15. The first-order valence-electron chi connectivity index (χ1n) is 38.2. The van der Waals surface area contributed by atoms with E-state index in [0.29, 0.717) is 31.6 Å². The summed E-state index contributed by atoms with van der Waals surface area (Å²) in [6.07, 6.45) is 47.4. The number of rotatable bonds is 71. The van der Waals surface area contributed by atoms with Gasteiger partial charge < -0.3 is 33.8 Å². The second-order valence-corrected chi connectivity index (χ2v) is 31.3. The number of carbonyl (C=O) groups excluding carboxylic acids is 4. The summed E-state index contributed by atoms with van der Waals surface area (Å²) in [5, 5.41) is 10.6. The van der Waals surface area contributed by atoms with Crippen molar-refractivity contribution in [3.63, 3.8) is 0 Å². The number of aliphatic hydroxyl groups excluding tert-OH is 1. The maximum atomic E-state index is 13.0. The third-order valence-corrected chi connectivity index (χ3v) is 19.3. The molecule has 0 heterocycles. The van der Waals surface area contributed by atoms with Crippen LogP contribution in [0, 0.1) is 23.7 Å². The van der Waals surface area contributed by atoms with Crippen LogP contribution in [0.5, 0.6) is 0 Å². The average Bonchev–Trinajstić information content (AvgIpc) is 3.03. The fourth-order valence-electron chi connectivity index (χ4n) is 11.2. The van der Waals surface area contributed by atoms with Gasteiger partial charge in [-0.15, -0.1) is 0 Å². The Morgan fingerprint density at radius 3 is 0.763 bits per heavy atom. The topological polar surface area (TPSA) is 237 Å². The fourth-order valence-corrected chi connectivity index (χ4v) is 12.7. The lowest BCUT2D eigenvalue weighted by Gasteiger charge is -2.21. The van der Waals surface area contributed by atoms with Gasteiger partial charge in [0.2, 0.25) is 0 Å². The van der Waals surface area contributed by atoms with Gasteiger partial charge in [0.15, 0.2) is 12.2 Å². The molecule has 0 aromatic rings. The number of hydrogen-bond donors (Lipinski definition) is 3. The predicted molar refractivity (Wildman–Crippen MR) is 377 cm³/mol. The van der Waals surface area contributed by atoms with E-state index in [1.54, 1.807) is 0 Å². The molecule has 0 aromatic heterocycles. The van der Waals surface area contributed by atoms with Crippen molar-refractivity contribution in [1.82, 2.24) is 0 Å². The highest BCUT2D eigenvalue weighted by Gasteiger charge is 2.30. The molecule has 3 N–H and O–H groups in total. The summed E-state index contributed by atoms with van der Waals surface area (Å²) in [6, 6.07) is 0. The Labute approximate surface area is 568 Å². The van der Waals surface area contributed by atoms with Crippen molar-refractivity contribution in [2.24, 2.45) is 23.7 Å². The lowest BCUT2D eigenvalue weighted by Crippen LogP contribution is -2.30. The van der Waals surface area contributed by atoms with Gasteiger partial charge in [-0.05, 0) is 49.4 Å². The Bertz CT molecular complexity index is 1840. The predicted octanol–water partition coefficient (Wildman–Crippen LogP) is 21.3. The zero-order valence-electron chi connectivity index (χ0n) is 60.9. The van der Waals surface area contributed by atoms with Gasteiger partial charge in [-0.25, -0.2) is 9.13 Å². The highest BCUT2D eigenvalue weighted by molar-refractivity contribution is 7.47. The Morgan fingerprint density at radius 2 is 0.516 bits per heavy atom. The highest BCUT2D eigenvalue weighted by atomic mass is 31.2. The monoisotopic (exact) mass is 1370 g/mol. The van der Waals surface area contributed by atoms with Gasteiger partial charge in [0, 0.05) is 25.7 Å². The summed E-state index contributed by atoms with van der Waals surface area (Å²) in [5.41, 5.74) is 0. The zero-order chi connectivity index (χ0) is 68.9. The lowest BCUT2D eigenvalue weighted by atomic mass is 10.00. The number of ether oxygens (including phenoxy) is 4. The van der Waals surface area contributed by atoms with E-state index in [9.17, 15) is 43.2 Å². The number of esters is 4. The molecular weight excluding hydrogens is 1220 g/mol. The van der Waals surface area contributed by atoms with E-state index in [4.69, 9.17) is 37.0 Å². The summed E-state index contributed by atoms with van der Waals surface area (Å²) < 4.78 is 68.4. The van der Waals surface area contributed by atoms with E-state index in [2.05, 4.69) is 55.4 Å². The molecule has 0 aromatic carbocycles. The van der Waals surface area contributed by atoms with Crippen molar-refractivity contribution in [2.45, 2.75) is 388 Å². The molecule has 0 amide bonds. The molecule has 0 saturated heterocycles. The summed E-state index contributed by atoms with van der Waals surface area (Å²) in [6.45, 7) is 14.1. The summed E-state index contributed by atoms with van der Waals surface area (Å²) in [7, 11) is -9.91. The van der Waals surface area contributed by atoms with Crippen LogP contribution in [0.25, 0.3) is 0 Å². The van der Waals surface area contributed by atoms with E-state index in [1.807, 2.05) is 0 Å². The third-order valence-electron chi connectivity index (χ3n) is 17.4. The maximum Gasteiger partial charge on any atom is 0.472 e. The first kappa shape index (κ1) is 91.1. The van der Waals surface area contributed by atoms with Crippen molar-refractivity contribution >= 4 is 39.5 Å². The molecule has 3 unspecified atom stereocenters. The van der Waals surface area contributed by atoms with Crippen LogP contribution in [0.4, 0.5) is 0 Å². The maximum absolute atomic E-state index is 13.0. The molecule has 0 aliphatic rings. The van der Waals surface area contributed by atoms with Crippen molar-refractivity contribution in [2.75, 3.05) is 39.6 Å². The van der Waals surface area contributed by atoms with Gasteiger partial charge in [-0.1, -0.05) is 319 Å². The summed E-state index contributed by atoms with van der Waals surface area (Å²) in [4.78, 5) is 72.7. The molecule has 0 spiro atoms. The number of phosphoric ester groups is 2. The van der Waals surface area contributed by atoms with Crippen molar-refractivity contribution in [3.8, 4) is 0 Å². The first-order valence-corrected chi connectivity index (χ1v) is 41.2. The van der Waals surface area contributed by atoms with E-state index in [1.165, 1.54) is 167 Å². The Balaban J connectivity index is 5.20. The highest BCUT2D eigenvalue weighted by Crippen LogP contribution is 2.45. The van der Waals surface area contributed by atoms with Crippen LogP contribution in [-0.2, 0) is 65.4 Å². The van der Waals surface area contributed by atoms with E-state index < -0.39 is 97.5 Å². The molecule has 0 rings (SSSR count). The van der Waals surface area contributed by atoms with Gasteiger partial charge in [0.25, 0.3) is 0 Å². The molecule has 0 radical (unpaired) electrons. The zero-order valence-corrected chi connectivity index (χ0v) is 62.7. The number of phosphoric acid groups is 2. The van der Waals surface area contributed by atoms with Crippen LogP contribution in [-0.4, -0.2) is 96.7 Å². The minimum absolute atomic E-state index is 0.103. The standard InChI is InChI=1S/C74H144O17P2/c1-9-67(8)53-45-37-32-33-39-47-55-72(77)85-61-70(90-73(78)56-48-40-30-24-20-16-15-18-22-27-35-43-51-65(4)5)63-89-93(82,83)87-59-68(75)58-86-92(80,81)88-62-69(91-74(79)57-49-41-31-25-28-36-44-52-66(6)7)60-84-71(76)54-46-38-29-23-19-14-12-10-11-13-17-21-26-34-42-50-64(2)3/h64-70,75H,9-63H2,1-8H3,(H,80,81)(H,82,83)/t67?,68-,69-,70-/m1/s1. The molecule has 19 heteroatoms. The molecule has 0 aliphatic carbocycles. The second kappa shape index (κ2) is 63.5. The minimum Gasteiger partial charge on any atom is -0.462 e. The Kier molecular flexibility index (Phi) is 62.2. The van der Waals surface area contributed by atoms with Crippen molar-refractivity contribution in [3.05, 3.63) is 0 Å². The van der Waals surface area contributed by atoms with Gasteiger partial charge in [0.1, 0.15) is 19.3 Å². The largest absolute Gasteiger partial charge is 0.472 e. The molecular formula is C74H144O17P2. The number of unbranched alkanes of at least 4 members (excludes halogenated alkanes) is 36. The molecule has 0 saturated carbocycles. The molecule has 0 fully saturated rings. The smallest absolute Gasteiger partial charge is 0.462 e.